The molecular weight excluding hydrogens is 448 g/mol. The molecule has 34 heavy (non-hydrogen) atoms. The summed E-state index contributed by atoms with van der Waals surface area (Å²) >= 11 is 0. The van der Waals surface area contributed by atoms with Gasteiger partial charge in [0.05, 0.1) is 6.54 Å². The van der Waals surface area contributed by atoms with Gasteiger partial charge in [0.2, 0.25) is 5.91 Å². The molecule has 9 heteroatoms. The van der Waals surface area contributed by atoms with Gasteiger partial charge in [-0.05, 0) is 36.5 Å². The summed E-state index contributed by atoms with van der Waals surface area (Å²) in [6.45, 7) is 4.39. The predicted octanol–water partition coefficient (Wildman–Crippen LogP) is 2.05. The molecule has 5 rings (SSSR count). The normalized spacial score (nSPS) is 26.8. The maximum Gasteiger partial charge on any atom is 0.219 e. The lowest BCUT2D eigenvalue weighted by Crippen LogP contribution is -2.46. The molecule has 4 aliphatic heterocycles. The molecule has 0 spiro atoms. The molecule has 1 aromatic rings. The number of nitrogens with zero attached hydrogens (tertiary/aromatic N) is 4. The van der Waals surface area contributed by atoms with E-state index >= 15 is 0 Å². The number of carbonyl (C=O) groups excluding carboxylic acids is 1. The Morgan fingerprint density at radius 2 is 2.12 bits per heavy atom. The first-order valence-corrected chi connectivity index (χ1v) is 13.7. The number of amides is 1. The number of hydrogen-bond donors (Lipinski definition) is 2. The number of nitrogens with one attached hydrogen (secondary N) is 2. The lowest BCUT2D eigenvalue weighted by molar-refractivity contribution is -0.128. The van der Waals surface area contributed by atoms with Crippen LogP contribution in [0.4, 0.5) is 5.69 Å². The summed E-state index contributed by atoms with van der Waals surface area (Å²) in [5.74, 6) is 2.22. The van der Waals surface area contributed by atoms with E-state index in [1.807, 2.05) is 23.2 Å². The van der Waals surface area contributed by atoms with Gasteiger partial charge in [-0.1, -0.05) is 12.1 Å². The largest absolute Gasteiger partial charge is 0.384 e. The molecule has 1 amide bonds. The smallest absolute Gasteiger partial charge is 0.219 e. The summed E-state index contributed by atoms with van der Waals surface area (Å²) in [6.07, 6.45) is 5.61. The molecule has 8 nitrogen and oxygen atoms in total. The highest BCUT2D eigenvalue weighted by molar-refractivity contribution is 7.85. The van der Waals surface area contributed by atoms with Crippen molar-refractivity contribution in [1.29, 1.82) is 5.41 Å². The number of hydrogen-bond acceptors (Lipinski definition) is 6. The van der Waals surface area contributed by atoms with Gasteiger partial charge in [-0.2, -0.15) is 5.10 Å². The highest BCUT2D eigenvalue weighted by atomic mass is 32.2. The Bertz CT molecular complexity index is 1080. The topological polar surface area (TPSA) is 92.1 Å². The van der Waals surface area contributed by atoms with E-state index in [2.05, 4.69) is 33.5 Å². The first-order chi connectivity index (χ1) is 16.4. The van der Waals surface area contributed by atoms with Crippen molar-refractivity contribution in [3.63, 3.8) is 0 Å². The van der Waals surface area contributed by atoms with E-state index < -0.39 is 10.8 Å². The summed E-state index contributed by atoms with van der Waals surface area (Å²) in [7, 11) is 1.24. The Hall–Kier alpha value is -2.68. The van der Waals surface area contributed by atoms with Crippen molar-refractivity contribution in [2.45, 2.75) is 44.6 Å². The van der Waals surface area contributed by atoms with E-state index in [1.54, 1.807) is 6.92 Å². The average Bonchev–Trinajstić information content (AvgIpc) is 3.45. The van der Waals surface area contributed by atoms with Gasteiger partial charge in [-0.15, -0.1) is 0 Å². The Labute approximate surface area is 204 Å². The quantitative estimate of drug-likeness (QED) is 0.506. The number of benzene rings is 1. The van der Waals surface area contributed by atoms with Crippen LogP contribution in [0.1, 0.15) is 43.2 Å². The standard InChI is InChI=1S/C25H34N6O2S/c1-17(32)30-10-7-23(28-21-8-11-34(33)16-21)22(15-30)25(26)31-9-3-4-19-12-18(5-6-24(19)31)20-13-27-29(2)14-20/h5-6,12-13,20-21,26,28H,3-4,7-11,14-16H2,1-2H3. The first kappa shape index (κ1) is 23.1. The van der Waals surface area contributed by atoms with Gasteiger partial charge in [0.1, 0.15) is 5.84 Å². The molecule has 1 aromatic carbocycles. The second kappa shape index (κ2) is 9.52. The van der Waals surface area contributed by atoms with E-state index in [0.717, 1.165) is 55.1 Å². The molecule has 0 saturated carbocycles. The third-order valence-electron chi connectivity index (χ3n) is 7.36. The molecule has 3 unspecified atom stereocenters. The zero-order chi connectivity index (χ0) is 23.8. The van der Waals surface area contributed by atoms with E-state index in [9.17, 15) is 14.4 Å². The SMILES string of the molecule is CC(=O)N1CCC(NC2CCS(=O)C2)=C(C(=N)N2CCCc3cc(C4C=NN(C)C4)ccc32)C1. The number of carbonyl (C=O) groups is 1. The number of rotatable bonds is 4. The number of amidine groups is 1. The Morgan fingerprint density at radius 3 is 2.82 bits per heavy atom. The fourth-order valence-electron chi connectivity index (χ4n) is 5.44. The summed E-state index contributed by atoms with van der Waals surface area (Å²) in [6, 6.07) is 6.80. The lowest BCUT2D eigenvalue weighted by atomic mass is 9.93. The molecule has 4 aliphatic rings. The minimum Gasteiger partial charge on any atom is -0.384 e. The number of hydrazone groups is 1. The Kier molecular flexibility index (Phi) is 6.46. The monoisotopic (exact) mass is 482 g/mol. The third kappa shape index (κ3) is 4.62. The molecule has 0 aliphatic carbocycles. The number of fused-ring (bicyclic) bond motifs is 1. The van der Waals surface area contributed by atoms with Crippen molar-refractivity contribution >= 4 is 34.4 Å². The van der Waals surface area contributed by atoms with Crippen molar-refractivity contribution in [1.82, 2.24) is 15.2 Å². The van der Waals surface area contributed by atoms with Gasteiger partial charge in [0.25, 0.3) is 0 Å². The Balaban J connectivity index is 1.42. The molecule has 182 valence electrons. The summed E-state index contributed by atoms with van der Waals surface area (Å²) in [4.78, 5) is 16.1. The minimum atomic E-state index is -0.759. The molecule has 4 heterocycles. The van der Waals surface area contributed by atoms with Gasteiger partial charge in [-0.3, -0.25) is 19.4 Å². The zero-order valence-corrected chi connectivity index (χ0v) is 20.9. The van der Waals surface area contributed by atoms with Crippen LogP contribution in [-0.2, 0) is 22.0 Å². The molecule has 0 bridgehead atoms. The molecule has 2 N–H and O–H groups in total. The van der Waals surface area contributed by atoms with Crippen molar-refractivity contribution in [2.75, 3.05) is 49.6 Å². The van der Waals surface area contributed by atoms with Crippen molar-refractivity contribution in [2.24, 2.45) is 5.10 Å². The van der Waals surface area contributed by atoms with Gasteiger partial charge in [0, 0.05) is 97.5 Å². The Morgan fingerprint density at radius 1 is 1.26 bits per heavy atom. The van der Waals surface area contributed by atoms with Crippen LogP contribution in [0, 0.1) is 5.41 Å². The second-order valence-electron chi connectivity index (χ2n) is 9.79. The van der Waals surface area contributed by atoms with Crippen molar-refractivity contribution in [3.05, 3.63) is 40.6 Å². The second-order valence-corrected chi connectivity index (χ2v) is 11.4. The van der Waals surface area contributed by atoms with Gasteiger partial charge in [-0.25, -0.2) is 0 Å². The predicted molar refractivity (Wildman–Crippen MR) is 137 cm³/mol. The molecular formula is C25H34N6O2S. The van der Waals surface area contributed by atoms with Gasteiger partial charge < -0.3 is 15.1 Å². The van der Waals surface area contributed by atoms with E-state index in [-0.39, 0.29) is 11.9 Å². The van der Waals surface area contributed by atoms with Gasteiger partial charge in [0.15, 0.2) is 0 Å². The number of anilines is 1. The highest BCUT2D eigenvalue weighted by Crippen LogP contribution is 2.33. The zero-order valence-electron chi connectivity index (χ0n) is 20.0. The van der Waals surface area contributed by atoms with Gasteiger partial charge >= 0.3 is 0 Å². The van der Waals surface area contributed by atoms with Crippen LogP contribution in [0.3, 0.4) is 0 Å². The highest BCUT2D eigenvalue weighted by Gasteiger charge is 2.31. The minimum absolute atomic E-state index is 0.0400. The summed E-state index contributed by atoms with van der Waals surface area (Å²) in [5, 5.41) is 19.2. The fraction of sp³-hybridized carbons (Fsp3) is 0.560. The van der Waals surface area contributed by atoms with Crippen LogP contribution in [-0.4, -0.2) is 82.8 Å². The third-order valence-corrected chi connectivity index (χ3v) is 8.83. The van der Waals surface area contributed by atoms with Crippen LogP contribution >= 0.6 is 0 Å². The van der Waals surface area contributed by atoms with Crippen LogP contribution in [0.2, 0.25) is 0 Å². The van der Waals surface area contributed by atoms with Crippen LogP contribution < -0.4 is 10.2 Å². The maximum atomic E-state index is 12.2. The van der Waals surface area contributed by atoms with E-state index in [4.69, 9.17) is 0 Å². The maximum absolute atomic E-state index is 12.2. The van der Waals surface area contributed by atoms with Crippen molar-refractivity contribution in [3.8, 4) is 0 Å². The van der Waals surface area contributed by atoms with Crippen molar-refractivity contribution < 1.29 is 9.00 Å². The summed E-state index contributed by atoms with van der Waals surface area (Å²) in [5.41, 5.74) is 5.58. The van der Waals surface area contributed by atoms with E-state index in [0.29, 0.717) is 37.0 Å². The molecule has 0 aromatic heterocycles. The van der Waals surface area contributed by atoms with E-state index in [1.165, 1.54) is 11.1 Å². The molecule has 1 saturated heterocycles. The van der Waals surface area contributed by atoms with Crippen LogP contribution in [0.15, 0.2) is 34.6 Å². The van der Waals surface area contributed by atoms with Crippen LogP contribution in [0.25, 0.3) is 0 Å². The molecule has 1 fully saturated rings. The number of aryl methyl sites for hydroxylation is 1. The first-order valence-electron chi connectivity index (χ1n) is 12.2. The number of likely N-dealkylation sites (N-methyl/N-ethyl adjacent to an activating group) is 1. The van der Waals surface area contributed by atoms with Crippen LogP contribution in [0.5, 0.6) is 0 Å². The average molecular weight is 483 g/mol. The molecule has 0 radical (unpaired) electrons. The lowest BCUT2D eigenvalue weighted by Gasteiger charge is -2.37. The molecule has 3 atom stereocenters. The fourth-order valence-corrected chi connectivity index (χ4v) is 6.85. The summed E-state index contributed by atoms with van der Waals surface area (Å²) < 4.78 is 11.9.